The fraction of sp³-hybridized carbons (Fsp3) is 0.375. The minimum absolute atomic E-state index is 0.437. The number of aliphatic carboxylic acids is 1. The molecule has 1 aromatic heterocycles. The van der Waals surface area contributed by atoms with Crippen LogP contribution in [-0.2, 0) is 11.3 Å². The molecule has 112 valence electrons. The van der Waals surface area contributed by atoms with E-state index in [-0.39, 0.29) is 0 Å². The molecule has 0 radical (unpaired) electrons. The molecule has 0 amide bonds. The molecule has 1 aromatic carbocycles. The van der Waals surface area contributed by atoms with Crippen LogP contribution in [0.5, 0.6) is 0 Å². The van der Waals surface area contributed by atoms with Gasteiger partial charge in [-0.3, -0.25) is 9.69 Å². The highest BCUT2D eigenvalue weighted by Crippen LogP contribution is 2.21. The third-order valence-corrected chi connectivity index (χ3v) is 3.62. The van der Waals surface area contributed by atoms with Gasteiger partial charge in [-0.1, -0.05) is 25.1 Å². The van der Waals surface area contributed by atoms with E-state index >= 15 is 0 Å². The second-order valence-corrected chi connectivity index (χ2v) is 5.39. The number of nitrogens with zero attached hydrogens (tertiary/aromatic N) is 2. The van der Waals surface area contributed by atoms with Crippen molar-refractivity contribution >= 4 is 5.97 Å². The van der Waals surface area contributed by atoms with Crippen LogP contribution in [0.2, 0.25) is 0 Å². The number of hydrogen-bond acceptors (Lipinski definition) is 4. The highest BCUT2D eigenvalue weighted by Gasteiger charge is 2.34. The topological polar surface area (TPSA) is 66.6 Å². The van der Waals surface area contributed by atoms with E-state index in [9.17, 15) is 9.90 Å². The number of oxazole rings is 1. The summed E-state index contributed by atoms with van der Waals surface area (Å²) in [4.78, 5) is 17.6. The average molecular weight is 288 g/mol. The number of likely N-dealkylation sites (N-methyl/N-ethyl adjacent to an activating group) is 1. The van der Waals surface area contributed by atoms with Crippen LogP contribution < -0.4 is 0 Å². The highest BCUT2D eigenvalue weighted by molar-refractivity contribution is 5.77. The maximum absolute atomic E-state index is 11.4. The van der Waals surface area contributed by atoms with Crippen LogP contribution in [0.25, 0.3) is 11.5 Å². The number of rotatable bonds is 6. The zero-order valence-corrected chi connectivity index (χ0v) is 12.5. The molecule has 0 spiro atoms. The predicted octanol–water partition coefficient (Wildman–Crippen LogP) is 3.03. The predicted molar refractivity (Wildman–Crippen MR) is 79.7 cm³/mol. The van der Waals surface area contributed by atoms with E-state index in [1.807, 2.05) is 42.2 Å². The van der Waals surface area contributed by atoms with Crippen molar-refractivity contribution < 1.29 is 14.3 Å². The number of hydrogen-bond donors (Lipinski definition) is 1. The molecule has 21 heavy (non-hydrogen) atoms. The summed E-state index contributed by atoms with van der Waals surface area (Å²) in [5, 5.41) is 9.32. The average Bonchev–Trinajstić information content (AvgIpc) is 2.94. The number of carboxylic acid groups (broad SMARTS) is 1. The molecule has 0 atom stereocenters. The van der Waals surface area contributed by atoms with Gasteiger partial charge in [-0.05, 0) is 32.5 Å². The molecule has 0 aliphatic rings. The smallest absolute Gasteiger partial charge is 0.323 e. The second kappa shape index (κ2) is 6.10. The normalized spacial score (nSPS) is 11.8. The summed E-state index contributed by atoms with van der Waals surface area (Å²) in [6.07, 6.45) is 1.59. The lowest BCUT2D eigenvalue weighted by atomic mass is 10.0. The van der Waals surface area contributed by atoms with Gasteiger partial charge in [-0.15, -0.1) is 0 Å². The largest absolute Gasteiger partial charge is 0.480 e. The molecule has 5 heteroatoms. The molecule has 5 nitrogen and oxygen atoms in total. The van der Waals surface area contributed by atoms with E-state index in [4.69, 9.17) is 4.42 Å². The van der Waals surface area contributed by atoms with Crippen molar-refractivity contribution in [3.8, 4) is 11.5 Å². The van der Waals surface area contributed by atoms with Crippen LogP contribution in [0.4, 0.5) is 0 Å². The van der Waals surface area contributed by atoms with Crippen molar-refractivity contribution in [1.29, 1.82) is 0 Å². The Labute approximate surface area is 124 Å². The Hall–Kier alpha value is -2.14. The Morgan fingerprint density at radius 3 is 2.57 bits per heavy atom. The van der Waals surface area contributed by atoms with Gasteiger partial charge in [0.25, 0.3) is 0 Å². The Balaban J connectivity index is 2.17. The first-order valence-electron chi connectivity index (χ1n) is 6.93. The molecular formula is C16H20N2O3. The summed E-state index contributed by atoms with van der Waals surface area (Å²) in [5.74, 6) is -0.300. The lowest BCUT2D eigenvalue weighted by Gasteiger charge is -2.33. The van der Waals surface area contributed by atoms with Crippen molar-refractivity contribution in [2.24, 2.45) is 0 Å². The highest BCUT2D eigenvalue weighted by atomic mass is 16.4. The summed E-state index contributed by atoms with van der Waals surface area (Å²) >= 11 is 0. The standard InChI is InChI=1S/C16H20N2O3/c1-4-18(16(2,3)15(19)20)10-13-11-21-14(17-13)12-8-6-5-7-9-12/h5-9,11H,4,10H2,1-3H3,(H,19,20). The van der Waals surface area contributed by atoms with Gasteiger partial charge in [0.1, 0.15) is 11.8 Å². The SMILES string of the molecule is CCN(Cc1coc(-c2ccccc2)n1)C(C)(C)C(=O)O. The molecule has 0 saturated heterocycles. The van der Waals surface area contributed by atoms with Gasteiger partial charge < -0.3 is 9.52 Å². The van der Waals surface area contributed by atoms with E-state index in [1.165, 1.54) is 0 Å². The third kappa shape index (κ3) is 3.31. The minimum atomic E-state index is -0.944. The van der Waals surface area contributed by atoms with Crippen molar-refractivity contribution in [3.05, 3.63) is 42.3 Å². The van der Waals surface area contributed by atoms with E-state index in [1.54, 1.807) is 20.1 Å². The lowest BCUT2D eigenvalue weighted by Crippen LogP contribution is -2.49. The van der Waals surface area contributed by atoms with E-state index in [2.05, 4.69) is 4.98 Å². The van der Waals surface area contributed by atoms with Gasteiger partial charge in [-0.25, -0.2) is 4.98 Å². The first-order chi connectivity index (χ1) is 9.95. The molecule has 1 heterocycles. The number of carbonyl (C=O) groups is 1. The van der Waals surface area contributed by atoms with Crippen molar-refractivity contribution in [3.63, 3.8) is 0 Å². The van der Waals surface area contributed by atoms with Gasteiger partial charge >= 0.3 is 5.97 Å². The summed E-state index contributed by atoms with van der Waals surface area (Å²) in [5.41, 5.74) is 0.690. The molecule has 2 aromatic rings. The molecule has 0 fully saturated rings. The maximum atomic E-state index is 11.4. The Morgan fingerprint density at radius 1 is 1.33 bits per heavy atom. The van der Waals surface area contributed by atoms with E-state index in [0.29, 0.717) is 19.0 Å². The van der Waals surface area contributed by atoms with Gasteiger partial charge in [-0.2, -0.15) is 0 Å². The molecule has 0 aliphatic heterocycles. The third-order valence-electron chi connectivity index (χ3n) is 3.62. The molecular weight excluding hydrogens is 268 g/mol. The fourth-order valence-electron chi connectivity index (χ4n) is 2.13. The summed E-state index contributed by atoms with van der Waals surface area (Å²) in [6.45, 7) is 6.37. The Morgan fingerprint density at radius 2 is 2.00 bits per heavy atom. The molecule has 0 aliphatic carbocycles. The second-order valence-electron chi connectivity index (χ2n) is 5.39. The molecule has 1 N–H and O–H groups in total. The van der Waals surface area contributed by atoms with Crippen LogP contribution in [0, 0.1) is 0 Å². The van der Waals surface area contributed by atoms with Crippen LogP contribution in [0.15, 0.2) is 41.0 Å². The van der Waals surface area contributed by atoms with Crippen LogP contribution in [0.3, 0.4) is 0 Å². The maximum Gasteiger partial charge on any atom is 0.323 e. The first-order valence-corrected chi connectivity index (χ1v) is 6.93. The zero-order valence-electron chi connectivity index (χ0n) is 12.5. The summed E-state index contributed by atoms with van der Waals surface area (Å²) in [7, 11) is 0. The van der Waals surface area contributed by atoms with Crippen LogP contribution in [-0.4, -0.2) is 33.0 Å². The zero-order chi connectivity index (χ0) is 15.5. The van der Waals surface area contributed by atoms with E-state index < -0.39 is 11.5 Å². The fourth-order valence-corrected chi connectivity index (χ4v) is 2.13. The first kappa shape index (κ1) is 15.3. The van der Waals surface area contributed by atoms with Crippen LogP contribution >= 0.6 is 0 Å². The Kier molecular flexibility index (Phi) is 4.43. The van der Waals surface area contributed by atoms with Gasteiger partial charge in [0.15, 0.2) is 0 Å². The van der Waals surface area contributed by atoms with Gasteiger partial charge in [0, 0.05) is 12.1 Å². The molecule has 0 saturated carbocycles. The Bertz CT molecular complexity index is 605. The number of benzene rings is 1. The lowest BCUT2D eigenvalue weighted by molar-refractivity contribution is -0.149. The minimum Gasteiger partial charge on any atom is -0.480 e. The molecule has 0 bridgehead atoms. The molecule has 0 unspecified atom stereocenters. The number of aromatic nitrogens is 1. The summed E-state index contributed by atoms with van der Waals surface area (Å²) in [6, 6.07) is 9.63. The van der Waals surface area contributed by atoms with Gasteiger partial charge in [0.2, 0.25) is 5.89 Å². The quantitative estimate of drug-likeness (QED) is 0.885. The van der Waals surface area contributed by atoms with Crippen LogP contribution in [0.1, 0.15) is 26.5 Å². The van der Waals surface area contributed by atoms with Crippen molar-refractivity contribution in [2.75, 3.05) is 6.54 Å². The van der Waals surface area contributed by atoms with Crippen molar-refractivity contribution in [1.82, 2.24) is 9.88 Å². The summed E-state index contributed by atoms with van der Waals surface area (Å²) < 4.78 is 5.48. The van der Waals surface area contributed by atoms with E-state index in [0.717, 1.165) is 11.3 Å². The monoisotopic (exact) mass is 288 g/mol. The molecule has 2 rings (SSSR count). The van der Waals surface area contributed by atoms with Crippen molar-refractivity contribution in [2.45, 2.75) is 32.9 Å². The number of carboxylic acids is 1. The van der Waals surface area contributed by atoms with Gasteiger partial charge in [0.05, 0.1) is 5.69 Å².